The highest BCUT2D eigenvalue weighted by Gasteiger charge is 2.32. The predicted molar refractivity (Wildman–Crippen MR) is 151 cm³/mol. The van der Waals surface area contributed by atoms with Crippen LogP contribution in [0.1, 0.15) is 88.2 Å². The van der Waals surface area contributed by atoms with Crippen molar-refractivity contribution in [3.05, 3.63) is 65.7 Å². The van der Waals surface area contributed by atoms with Crippen LogP contribution in [0, 0.1) is 17.8 Å². The number of hydrogen-bond acceptors (Lipinski definition) is 3. The summed E-state index contributed by atoms with van der Waals surface area (Å²) in [5, 5.41) is 12.9. The molecule has 4 rings (SSSR count). The molecule has 0 aliphatic heterocycles. The van der Waals surface area contributed by atoms with Crippen LogP contribution in [0.15, 0.2) is 54.6 Å². The molecule has 1 amide bonds. The van der Waals surface area contributed by atoms with Crippen molar-refractivity contribution >= 4 is 11.9 Å². The van der Waals surface area contributed by atoms with Crippen molar-refractivity contribution in [2.75, 3.05) is 6.61 Å². The maximum atomic E-state index is 13.5. The third-order valence-corrected chi connectivity index (χ3v) is 8.57. The highest BCUT2D eigenvalue weighted by atomic mass is 16.5. The third kappa shape index (κ3) is 8.89. The highest BCUT2D eigenvalue weighted by molar-refractivity contribution is 5.85. The quantitative estimate of drug-likeness (QED) is 0.299. The number of nitrogens with one attached hydrogen (secondary N) is 1. The van der Waals surface area contributed by atoms with Crippen molar-refractivity contribution in [2.24, 2.45) is 17.8 Å². The van der Waals surface area contributed by atoms with E-state index >= 15 is 0 Å². The molecule has 2 saturated carbocycles. The Hall–Kier alpha value is -2.82. The van der Waals surface area contributed by atoms with E-state index in [0.717, 1.165) is 62.9 Å². The summed E-state index contributed by atoms with van der Waals surface area (Å²) in [5.74, 6) is 0.601. The number of carboxylic acid groups (broad SMARTS) is 1. The van der Waals surface area contributed by atoms with Gasteiger partial charge in [-0.25, -0.2) is 4.79 Å². The van der Waals surface area contributed by atoms with Gasteiger partial charge in [0.2, 0.25) is 5.91 Å². The van der Waals surface area contributed by atoms with Crippen LogP contribution in [0.25, 0.3) is 0 Å². The fourth-order valence-electron chi connectivity index (χ4n) is 6.29. The van der Waals surface area contributed by atoms with E-state index in [1.165, 1.54) is 44.1 Å². The van der Waals surface area contributed by atoms with E-state index in [9.17, 15) is 14.7 Å². The molecule has 2 N–H and O–H groups in total. The summed E-state index contributed by atoms with van der Waals surface area (Å²) in [5.41, 5.74) is 2.17. The highest BCUT2D eigenvalue weighted by Crippen LogP contribution is 2.33. The molecule has 5 nitrogen and oxygen atoms in total. The van der Waals surface area contributed by atoms with Crippen LogP contribution in [0.3, 0.4) is 0 Å². The monoisotopic (exact) mass is 519 g/mol. The molecule has 2 aliphatic rings. The summed E-state index contributed by atoms with van der Waals surface area (Å²) >= 11 is 0. The summed E-state index contributed by atoms with van der Waals surface area (Å²) in [6.07, 6.45) is 15.0. The van der Waals surface area contributed by atoms with Crippen LogP contribution in [-0.2, 0) is 22.4 Å². The Bertz CT molecular complexity index is 978. The second-order valence-corrected chi connectivity index (χ2v) is 11.4. The Labute approximate surface area is 228 Å². The molecule has 0 aromatic heterocycles. The zero-order valence-corrected chi connectivity index (χ0v) is 22.8. The maximum Gasteiger partial charge on any atom is 0.326 e. The first-order valence-electron chi connectivity index (χ1n) is 14.9. The van der Waals surface area contributed by atoms with Crippen molar-refractivity contribution in [1.29, 1.82) is 0 Å². The van der Waals surface area contributed by atoms with Crippen molar-refractivity contribution in [1.82, 2.24) is 5.32 Å². The SMILES string of the molecule is O=C(N[C@@H](Cc1ccc(OCC2CCCCC2)cc1)C(=O)O)C(CCCc1ccccc1)C1CCCCC1. The van der Waals surface area contributed by atoms with Gasteiger partial charge in [-0.3, -0.25) is 4.79 Å². The van der Waals surface area contributed by atoms with Crippen molar-refractivity contribution in [3.63, 3.8) is 0 Å². The first-order valence-corrected chi connectivity index (χ1v) is 14.9. The minimum absolute atomic E-state index is 0.0928. The average molecular weight is 520 g/mol. The first kappa shape index (κ1) is 28.2. The van der Waals surface area contributed by atoms with Crippen molar-refractivity contribution in [3.8, 4) is 5.75 Å². The molecule has 2 aromatic rings. The fourth-order valence-corrected chi connectivity index (χ4v) is 6.29. The van der Waals surface area contributed by atoms with Crippen LogP contribution < -0.4 is 10.1 Å². The van der Waals surface area contributed by atoms with Gasteiger partial charge in [-0.05, 0) is 80.0 Å². The van der Waals surface area contributed by atoms with E-state index in [1.807, 2.05) is 42.5 Å². The van der Waals surface area contributed by atoms with Gasteiger partial charge in [0, 0.05) is 12.3 Å². The molecule has 1 unspecified atom stereocenters. The largest absolute Gasteiger partial charge is 0.493 e. The maximum absolute atomic E-state index is 13.5. The summed E-state index contributed by atoms with van der Waals surface area (Å²) in [4.78, 5) is 25.6. The zero-order chi connectivity index (χ0) is 26.6. The van der Waals surface area contributed by atoms with Crippen LogP contribution in [0.4, 0.5) is 0 Å². The van der Waals surface area contributed by atoms with Gasteiger partial charge in [0.05, 0.1) is 6.61 Å². The number of aryl methyl sites for hydroxylation is 1. The fraction of sp³-hybridized carbons (Fsp3) is 0.576. The molecule has 2 atom stereocenters. The number of hydrogen-bond donors (Lipinski definition) is 2. The topological polar surface area (TPSA) is 75.6 Å². The Morgan fingerprint density at radius 1 is 0.842 bits per heavy atom. The lowest BCUT2D eigenvalue weighted by molar-refractivity contribution is -0.143. The Kier molecular flexibility index (Phi) is 11.1. The van der Waals surface area contributed by atoms with Crippen LogP contribution in [0.2, 0.25) is 0 Å². The predicted octanol–water partition coefficient (Wildman–Crippen LogP) is 6.98. The Morgan fingerprint density at radius 3 is 2.16 bits per heavy atom. The molecule has 0 spiro atoms. The summed E-state index contributed by atoms with van der Waals surface area (Å²) < 4.78 is 6.00. The molecule has 5 heteroatoms. The van der Waals surface area contributed by atoms with E-state index in [-0.39, 0.29) is 18.2 Å². The molecule has 0 saturated heterocycles. The minimum atomic E-state index is -0.984. The van der Waals surface area contributed by atoms with Gasteiger partial charge in [-0.1, -0.05) is 81.0 Å². The number of ether oxygens (including phenoxy) is 1. The zero-order valence-electron chi connectivity index (χ0n) is 22.8. The van der Waals surface area contributed by atoms with Gasteiger partial charge < -0.3 is 15.2 Å². The molecular weight excluding hydrogens is 474 g/mol. The van der Waals surface area contributed by atoms with E-state index in [1.54, 1.807) is 0 Å². The van der Waals surface area contributed by atoms with Crippen LogP contribution in [0.5, 0.6) is 5.75 Å². The molecule has 0 radical (unpaired) electrons. The number of carboxylic acids is 1. The van der Waals surface area contributed by atoms with Gasteiger partial charge in [0.25, 0.3) is 0 Å². The van der Waals surface area contributed by atoms with E-state index in [2.05, 4.69) is 17.4 Å². The lowest BCUT2D eigenvalue weighted by Crippen LogP contribution is -2.46. The summed E-state index contributed by atoms with van der Waals surface area (Å²) in [6.45, 7) is 0.750. The number of amides is 1. The van der Waals surface area contributed by atoms with Gasteiger partial charge in [0.1, 0.15) is 11.8 Å². The van der Waals surface area contributed by atoms with Gasteiger partial charge in [-0.2, -0.15) is 0 Å². The van der Waals surface area contributed by atoms with E-state index in [0.29, 0.717) is 11.8 Å². The number of aliphatic carboxylic acids is 1. The number of carbonyl (C=O) groups is 2. The van der Waals surface area contributed by atoms with Crippen LogP contribution >= 0.6 is 0 Å². The average Bonchev–Trinajstić information content (AvgIpc) is 2.96. The van der Waals surface area contributed by atoms with Gasteiger partial charge in [-0.15, -0.1) is 0 Å². The second kappa shape index (κ2) is 14.9. The number of rotatable bonds is 13. The summed E-state index contributed by atoms with van der Waals surface area (Å²) in [6, 6.07) is 17.1. The molecule has 0 bridgehead atoms. The molecule has 206 valence electrons. The number of benzene rings is 2. The van der Waals surface area contributed by atoms with Gasteiger partial charge in [0.15, 0.2) is 0 Å². The Balaban J connectivity index is 1.32. The van der Waals surface area contributed by atoms with Gasteiger partial charge >= 0.3 is 5.97 Å². The summed E-state index contributed by atoms with van der Waals surface area (Å²) in [7, 11) is 0. The molecule has 0 heterocycles. The standard InChI is InChI=1S/C33H45NO4/c35-32(30(28-16-8-3-9-17-28)18-10-15-25-11-4-1-5-12-25)34-31(33(36)37)23-26-19-21-29(22-20-26)38-24-27-13-6-2-7-14-27/h1,4-5,11-12,19-22,27-28,30-31H,2-3,6-10,13-18,23-24H2,(H,34,35)(H,36,37)/t30?,31-/m0/s1. The lowest BCUT2D eigenvalue weighted by Gasteiger charge is -2.30. The number of carbonyl (C=O) groups excluding carboxylic acids is 1. The lowest BCUT2D eigenvalue weighted by atomic mass is 9.77. The smallest absolute Gasteiger partial charge is 0.326 e. The first-order chi connectivity index (χ1) is 18.6. The van der Waals surface area contributed by atoms with Crippen molar-refractivity contribution in [2.45, 2.75) is 95.9 Å². The van der Waals surface area contributed by atoms with E-state index in [4.69, 9.17) is 4.74 Å². The van der Waals surface area contributed by atoms with Crippen molar-refractivity contribution < 1.29 is 19.4 Å². The minimum Gasteiger partial charge on any atom is -0.493 e. The Morgan fingerprint density at radius 2 is 1.50 bits per heavy atom. The molecule has 2 aromatic carbocycles. The molecular formula is C33H45NO4. The van der Waals surface area contributed by atoms with Crippen LogP contribution in [-0.4, -0.2) is 29.6 Å². The second-order valence-electron chi connectivity index (χ2n) is 11.4. The third-order valence-electron chi connectivity index (χ3n) is 8.57. The molecule has 38 heavy (non-hydrogen) atoms. The molecule has 2 aliphatic carbocycles. The van der Waals surface area contributed by atoms with E-state index < -0.39 is 12.0 Å². The normalized spacial score (nSPS) is 18.4. The molecule has 2 fully saturated rings.